The van der Waals surface area contributed by atoms with Gasteiger partial charge in [-0.05, 0) is 20.8 Å². The fourth-order valence-electron chi connectivity index (χ4n) is 0.520. The third-order valence-electron chi connectivity index (χ3n) is 0.836. The lowest BCUT2D eigenvalue weighted by molar-refractivity contribution is 0.0243. The van der Waals surface area contributed by atoms with Gasteiger partial charge >= 0.3 is 0 Å². The third-order valence-corrected chi connectivity index (χ3v) is 0.836. The van der Waals surface area contributed by atoms with Crippen molar-refractivity contribution in [2.75, 3.05) is 6.54 Å². The van der Waals surface area contributed by atoms with Crippen LogP contribution in [0.4, 0.5) is 0 Å². The number of hydrogen-bond acceptors (Lipinski definition) is 2. The molecule has 2 heteroatoms. The van der Waals surface area contributed by atoms with Crippen LogP contribution >= 0.6 is 0 Å². The van der Waals surface area contributed by atoms with E-state index in [9.17, 15) is 0 Å². The van der Waals surface area contributed by atoms with Crippen molar-refractivity contribution < 1.29 is 4.74 Å². The molecule has 0 bridgehead atoms. The van der Waals surface area contributed by atoms with Gasteiger partial charge in [0.1, 0.15) is 0 Å². The molecule has 0 aromatic carbocycles. The van der Waals surface area contributed by atoms with E-state index >= 15 is 0 Å². The average Bonchev–Trinajstić information content (AvgIpc) is 1.65. The van der Waals surface area contributed by atoms with E-state index in [4.69, 9.17) is 10.5 Å². The molecule has 0 amide bonds. The summed E-state index contributed by atoms with van der Waals surface area (Å²) in [5.41, 5.74) is 5.30. The SMILES string of the molecule is CC(C)O[C@H](C)CN. The van der Waals surface area contributed by atoms with Gasteiger partial charge < -0.3 is 10.5 Å². The summed E-state index contributed by atoms with van der Waals surface area (Å²) < 4.78 is 5.27. The molecule has 0 unspecified atom stereocenters. The molecular formula is C6H15NO. The summed E-state index contributed by atoms with van der Waals surface area (Å²) >= 11 is 0. The quantitative estimate of drug-likeness (QED) is 0.592. The van der Waals surface area contributed by atoms with Gasteiger partial charge in [-0.2, -0.15) is 0 Å². The Kier molecular flexibility index (Phi) is 3.83. The van der Waals surface area contributed by atoms with Crippen LogP contribution in [0.2, 0.25) is 0 Å². The predicted molar refractivity (Wildman–Crippen MR) is 34.7 cm³/mol. The zero-order valence-electron chi connectivity index (χ0n) is 5.85. The Bertz CT molecular complexity index is 54.5. The second-order valence-corrected chi connectivity index (χ2v) is 2.23. The van der Waals surface area contributed by atoms with Crippen LogP contribution in [-0.4, -0.2) is 18.8 Å². The molecule has 0 aliphatic rings. The summed E-state index contributed by atoms with van der Waals surface area (Å²) in [6.45, 7) is 6.59. The molecule has 0 aromatic rings. The topological polar surface area (TPSA) is 35.2 Å². The van der Waals surface area contributed by atoms with E-state index in [0.717, 1.165) is 0 Å². The lowest BCUT2D eigenvalue weighted by atomic mass is 10.4. The average molecular weight is 117 g/mol. The summed E-state index contributed by atoms with van der Waals surface area (Å²) in [5, 5.41) is 0. The van der Waals surface area contributed by atoms with Crippen molar-refractivity contribution in [3.05, 3.63) is 0 Å². The van der Waals surface area contributed by atoms with E-state index in [1.165, 1.54) is 0 Å². The minimum Gasteiger partial charge on any atom is -0.375 e. The Morgan fingerprint density at radius 3 is 2.00 bits per heavy atom. The van der Waals surface area contributed by atoms with Crippen LogP contribution in [0.3, 0.4) is 0 Å². The Morgan fingerprint density at radius 1 is 1.38 bits per heavy atom. The molecule has 0 heterocycles. The van der Waals surface area contributed by atoms with Crippen molar-refractivity contribution in [3.63, 3.8) is 0 Å². The highest BCUT2D eigenvalue weighted by Crippen LogP contribution is 1.93. The fourth-order valence-corrected chi connectivity index (χ4v) is 0.520. The highest BCUT2D eigenvalue weighted by atomic mass is 16.5. The summed E-state index contributed by atoms with van der Waals surface area (Å²) in [6, 6.07) is 0. The second-order valence-electron chi connectivity index (χ2n) is 2.23. The van der Waals surface area contributed by atoms with Gasteiger partial charge in [-0.25, -0.2) is 0 Å². The lowest BCUT2D eigenvalue weighted by Gasteiger charge is -2.12. The fraction of sp³-hybridized carbons (Fsp3) is 1.00. The van der Waals surface area contributed by atoms with E-state index in [1.807, 2.05) is 20.8 Å². The number of nitrogens with two attached hydrogens (primary N) is 1. The summed E-state index contributed by atoms with van der Waals surface area (Å²) in [6.07, 6.45) is 0.503. The first-order chi connectivity index (χ1) is 3.66. The highest BCUT2D eigenvalue weighted by Gasteiger charge is 1.99. The van der Waals surface area contributed by atoms with E-state index in [0.29, 0.717) is 12.6 Å². The van der Waals surface area contributed by atoms with Crippen LogP contribution in [0.1, 0.15) is 20.8 Å². The van der Waals surface area contributed by atoms with Crippen LogP contribution in [0.25, 0.3) is 0 Å². The van der Waals surface area contributed by atoms with Crippen molar-refractivity contribution in [1.82, 2.24) is 0 Å². The molecule has 2 nitrogen and oxygen atoms in total. The molecule has 0 fully saturated rings. The van der Waals surface area contributed by atoms with Gasteiger partial charge in [-0.15, -0.1) is 0 Å². The third kappa shape index (κ3) is 4.09. The second kappa shape index (κ2) is 3.87. The first-order valence-corrected chi connectivity index (χ1v) is 3.02. The summed E-state index contributed by atoms with van der Waals surface area (Å²) in [7, 11) is 0. The van der Waals surface area contributed by atoms with E-state index in [2.05, 4.69) is 0 Å². The van der Waals surface area contributed by atoms with Crippen molar-refractivity contribution in [3.8, 4) is 0 Å². The molecule has 0 spiro atoms. The molecule has 8 heavy (non-hydrogen) atoms. The Balaban J connectivity index is 3.10. The molecule has 0 aliphatic heterocycles. The monoisotopic (exact) mass is 117 g/mol. The minimum atomic E-state index is 0.204. The van der Waals surface area contributed by atoms with Crippen LogP contribution in [0, 0.1) is 0 Å². The van der Waals surface area contributed by atoms with Gasteiger partial charge in [0.25, 0.3) is 0 Å². The maximum absolute atomic E-state index is 5.30. The smallest absolute Gasteiger partial charge is 0.0672 e. The minimum absolute atomic E-state index is 0.204. The first kappa shape index (κ1) is 7.92. The van der Waals surface area contributed by atoms with E-state index in [1.54, 1.807) is 0 Å². The number of rotatable bonds is 3. The standard InChI is InChI=1S/C6H15NO/c1-5(2)8-6(3)4-7/h5-6H,4,7H2,1-3H3/t6-/m1/s1. The molecule has 0 saturated heterocycles. The van der Waals surface area contributed by atoms with Crippen molar-refractivity contribution in [2.45, 2.75) is 33.0 Å². The Labute approximate surface area is 51.0 Å². The molecule has 1 atom stereocenters. The Hall–Kier alpha value is -0.0800. The largest absolute Gasteiger partial charge is 0.375 e. The van der Waals surface area contributed by atoms with E-state index in [-0.39, 0.29) is 6.10 Å². The van der Waals surface area contributed by atoms with Gasteiger partial charge in [-0.3, -0.25) is 0 Å². The van der Waals surface area contributed by atoms with Crippen molar-refractivity contribution >= 4 is 0 Å². The van der Waals surface area contributed by atoms with Crippen LogP contribution in [-0.2, 0) is 4.74 Å². The Morgan fingerprint density at radius 2 is 1.88 bits per heavy atom. The molecule has 0 radical (unpaired) electrons. The van der Waals surface area contributed by atoms with Gasteiger partial charge in [-0.1, -0.05) is 0 Å². The summed E-state index contributed by atoms with van der Waals surface area (Å²) in [5.74, 6) is 0. The zero-order chi connectivity index (χ0) is 6.57. The van der Waals surface area contributed by atoms with Crippen molar-refractivity contribution in [2.24, 2.45) is 5.73 Å². The van der Waals surface area contributed by atoms with Gasteiger partial charge in [0.05, 0.1) is 12.2 Å². The molecule has 0 aliphatic carbocycles. The maximum atomic E-state index is 5.30. The summed E-state index contributed by atoms with van der Waals surface area (Å²) in [4.78, 5) is 0. The maximum Gasteiger partial charge on any atom is 0.0672 e. The lowest BCUT2D eigenvalue weighted by Crippen LogP contribution is -2.23. The molecular weight excluding hydrogens is 102 g/mol. The number of ether oxygens (including phenoxy) is 1. The molecule has 50 valence electrons. The first-order valence-electron chi connectivity index (χ1n) is 3.02. The zero-order valence-corrected chi connectivity index (χ0v) is 5.85. The van der Waals surface area contributed by atoms with Gasteiger partial charge in [0.2, 0.25) is 0 Å². The van der Waals surface area contributed by atoms with E-state index < -0.39 is 0 Å². The molecule has 0 aromatic heterocycles. The normalized spacial score (nSPS) is 14.6. The van der Waals surface area contributed by atoms with Crippen LogP contribution in [0.5, 0.6) is 0 Å². The van der Waals surface area contributed by atoms with Crippen LogP contribution < -0.4 is 5.73 Å². The van der Waals surface area contributed by atoms with Gasteiger partial charge in [0, 0.05) is 6.54 Å². The van der Waals surface area contributed by atoms with Crippen molar-refractivity contribution in [1.29, 1.82) is 0 Å². The highest BCUT2D eigenvalue weighted by molar-refractivity contribution is 4.49. The number of hydrogen-bond donors (Lipinski definition) is 1. The predicted octanol–water partition coefficient (Wildman–Crippen LogP) is 0.759. The van der Waals surface area contributed by atoms with Crippen LogP contribution in [0.15, 0.2) is 0 Å². The molecule has 2 N–H and O–H groups in total. The van der Waals surface area contributed by atoms with Gasteiger partial charge in [0.15, 0.2) is 0 Å². The molecule has 0 saturated carbocycles. The molecule has 0 rings (SSSR count).